The molecule has 1 saturated heterocycles. The van der Waals surface area contributed by atoms with Crippen molar-refractivity contribution in [3.05, 3.63) is 0 Å². The summed E-state index contributed by atoms with van der Waals surface area (Å²) in [6.07, 6.45) is 2.17. The lowest BCUT2D eigenvalue weighted by Gasteiger charge is -2.30. The largest absolute Gasteiger partial charge is 0.352 e. The van der Waals surface area contributed by atoms with E-state index >= 15 is 0 Å². The predicted octanol–water partition coefficient (Wildman–Crippen LogP) is 1.01. The van der Waals surface area contributed by atoms with E-state index in [4.69, 9.17) is 0 Å². The number of rotatable bonds is 6. The lowest BCUT2D eigenvalue weighted by Crippen LogP contribution is -2.51. The normalized spacial score (nSPS) is 22.9. The second-order valence-corrected chi connectivity index (χ2v) is 5.05. The third kappa shape index (κ3) is 3.05. The number of carbonyl (C=O) groups is 3. The minimum Gasteiger partial charge on any atom is -0.352 e. The molecule has 2 N–H and O–H groups in total. The molecule has 6 heteroatoms. The Morgan fingerprint density at radius 1 is 1.32 bits per heavy atom. The fourth-order valence-electron chi connectivity index (χ4n) is 2.15. The third-order valence-electron chi connectivity index (χ3n) is 3.89. The molecule has 0 aromatic rings. The minimum atomic E-state index is -0.928. The second-order valence-electron chi connectivity index (χ2n) is 5.05. The van der Waals surface area contributed by atoms with Gasteiger partial charge in [-0.15, -0.1) is 0 Å². The van der Waals surface area contributed by atoms with E-state index in [-0.39, 0.29) is 24.4 Å². The van der Waals surface area contributed by atoms with Gasteiger partial charge in [-0.25, -0.2) is 4.79 Å². The summed E-state index contributed by atoms with van der Waals surface area (Å²) in [4.78, 5) is 36.7. The fourth-order valence-corrected chi connectivity index (χ4v) is 2.15. The number of carbonyl (C=O) groups excluding carboxylic acids is 3. The number of imide groups is 1. The molecule has 0 aromatic carbocycles. The van der Waals surface area contributed by atoms with Crippen molar-refractivity contribution in [3.8, 4) is 0 Å². The van der Waals surface area contributed by atoms with E-state index in [1.165, 1.54) is 4.90 Å². The van der Waals surface area contributed by atoms with Gasteiger partial charge in [0.25, 0.3) is 5.91 Å². The fraction of sp³-hybridized carbons (Fsp3) is 0.769. The molecule has 108 valence electrons. The van der Waals surface area contributed by atoms with Gasteiger partial charge >= 0.3 is 6.03 Å². The predicted molar refractivity (Wildman–Crippen MR) is 71.5 cm³/mol. The summed E-state index contributed by atoms with van der Waals surface area (Å²) < 4.78 is 0. The van der Waals surface area contributed by atoms with E-state index in [9.17, 15) is 14.4 Å². The highest BCUT2D eigenvalue weighted by molar-refractivity contribution is 6.07. The molecule has 0 radical (unpaired) electrons. The van der Waals surface area contributed by atoms with Gasteiger partial charge in [-0.2, -0.15) is 0 Å². The van der Waals surface area contributed by atoms with E-state index in [1.807, 2.05) is 20.8 Å². The molecule has 19 heavy (non-hydrogen) atoms. The molecule has 0 aliphatic carbocycles. The summed E-state index contributed by atoms with van der Waals surface area (Å²) in [5.41, 5.74) is -0.928. The molecule has 0 spiro atoms. The van der Waals surface area contributed by atoms with Gasteiger partial charge in [0.15, 0.2) is 0 Å². The van der Waals surface area contributed by atoms with Crippen LogP contribution in [0.15, 0.2) is 0 Å². The summed E-state index contributed by atoms with van der Waals surface area (Å²) in [5, 5.41) is 5.13. The van der Waals surface area contributed by atoms with Crippen molar-refractivity contribution in [3.63, 3.8) is 0 Å². The Kier molecular flexibility index (Phi) is 4.91. The molecule has 1 aliphatic rings. The topological polar surface area (TPSA) is 78.5 Å². The Morgan fingerprint density at radius 2 is 1.89 bits per heavy atom. The van der Waals surface area contributed by atoms with E-state index in [0.717, 1.165) is 12.8 Å². The Labute approximate surface area is 113 Å². The monoisotopic (exact) mass is 269 g/mol. The number of amides is 4. The summed E-state index contributed by atoms with van der Waals surface area (Å²) in [5.74, 6) is -0.562. The van der Waals surface area contributed by atoms with Crippen LogP contribution in [0.1, 0.15) is 47.0 Å². The van der Waals surface area contributed by atoms with Gasteiger partial charge < -0.3 is 10.2 Å². The smallest absolute Gasteiger partial charge is 0.325 e. The number of nitrogens with one attached hydrogen (secondary N) is 2. The zero-order chi connectivity index (χ0) is 14.6. The van der Waals surface area contributed by atoms with E-state index in [1.54, 1.807) is 6.92 Å². The first-order valence-corrected chi connectivity index (χ1v) is 6.81. The first kappa shape index (κ1) is 15.5. The maximum atomic E-state index is 11.9. The maximum Gasteiger partial charge on any atom is 0.325 e. The number of hydrogen-bond acceptors (Lipinski definition) is 3. The van der Waals surface area contributed by atoms with Crippen LogP contribution in [-0.4, -0.2) is 40.9 Å². The molecule has 1 unspecified atom stereocenters. The number of urea groups is 1. The van der Waals surface area contributed by atoms with Crippen LogP contribution >= 0.6 is 0 Å². The van der Waals surface area contributed by atoms with E-state index in [2.05, 4.69) is 10.6 Å². The molecular weight excluding hydrogens is 246 g/mol. The Balaban J connectivity index is 2.72. The molecule has 0 bridgehead atoms. The Hall–Kier alpha value is -1.59. The highest BCUT2D eigenvalue weighted by atomic mass is 16.2. The first-order valence-electron chi connectivity index (χ1n) is 6.81. The summed E-state index contributed by atoms with van der Waals surface area (Å²) >= 11 is 0. The van der Waals surface area contributed by atoms with E-state index < -0.39 is 11.6 Å². The molecular formula is C13H23N3O3. The summed E-state index contributed by atoms with van der Waals surface area (Å²) in [6, 6.07) is -0.379. The van der Waals surface area contributed by atoms with Crippen LogP contribution in [0.2, 0.25) is 0 Å². The van der Waals surface area contributed by atoms with Crippen LogP contribution in [0.4, 0.5) is 4.79 Å². The zero-order valence-corrected chi connectivity index (χ0v) is 12.1. The van der Waals surface area contributed by atoms with Crippen molar-refractivity contribution in [2.45, 2.75) is 58.5 Å². The van der Waals surface area contributed by atoms with Crippen molar-refractivity contribution < 1.29 is 14.4 Å². The molecule has 1 rings (SSSR count). The Morgan fingerprint density at radius 3 is 2.37 bits per heavy atom. The van der Waals surface area contributed by atoms with Crippen molar-refractivity contribution in [2.24, 2.45) is 0 Å². The molecule has 1 fully saturated rings. The molecule has 0 saturated carbocycles. The van der Waals surface area contributed by atoms with Crippen LogP contribution in [0.25, 0.3) is 0 Å². The highest BCUT2D eigenvalue weighted by Crippen LogP contribution is 2.24. The minimum absolute atomic E-state index is 0.0849. The summed E-state index contributed by atoms with van der Waals surface area (Å²) in [7, 11) is 0. The van der Waals surface area contributed by atoms with Crippen LogP contribution in [0.5, 0.6) is 0 Å². The van der Waals surface area contributed by atoms with Crippen LogP contribution < -0.4 is 10.6 Å². The van der Waals surface area contributed by atoms with Crippen molar-refractivity contribution >= 4 is 17.8 Å². The second kappa shape index (κ2) is 6.04. The van der Waals surface area contributed by atoms with E-state index in [0.29, 0.717) is 6.42 Å². The highest BCUT2D eigenvalue weighted by Gasteiger charge is 2.48. The van der Waals surface area contributed by atoms with Gasteiger partial charge in [-0.05, 0) is 26.2 Å². The third-order valence-corrected chi connectivity index (χ3v) is 3.89. The average Bonchev–Trinajstić information content (AvgIpc) is 2.60. The quantitative estimate of drug-likeness (QED) is 0.706. The van der Waals surface area contributed by atoms with Crippen LogP contribution in [0, 0.1) is 0 Å². The average molecular weight is 269 g/mol. The Bertz CT molecular complexity index is 379. The van der Waals surface area contributed by atoms with Gasteiger partial charge in [0.2, 0.25) is 5.91 Å². The van der Waals surface area contributed by atoms with Crippen LogP contribution in [-0.2, 0) is 9.59 Å². The van der Waals surface area contributed by atoms with Crippen molar-refractivity contribution in [1.82, 2.24) is 15.5 Å². The first-order chi connectivity index (χ1) is 8.88. The SMILES string of the molecule is CCC(CC)NC(=O)CN1C(=O)NC(=O)C1(C)CC. The van der Waals surface area contributed by atoms with Gasteiger partial charge in [0, 0.05) is 6.04 Å². The molecule has 4 amide bonds. The standard InChI is InChI=1S/C13H23N3O3/c1-5-9(6-2)14-10(17)8-16-12(19)15-11(18)13(16,4)7-3/h9H,5-8H2,1-4H3,(H,14,17)(H,15,18,19). The van der Waals surface area contributed by atoms with Gasteiger partial charge in [-0.1, -0.05) is 20.8 Å². The van der Waals surface area contributed by atoms with Gasteiger partial charge in [0.1, 0.15) is 12.1 Å². The maximum absolute atomic E-state index is 11.9. The summed E-state index contributed by atoms with van der Waals surface area (Å²) in [6.45, 7) is 7.41. The molecule has 1 heterocycles. The van der Waals surface area contributed by atoms with Gasteiger partial charge in [-0.3, -0.25) is 14.9 Å². The molecule has 6 nitrogen and oxygen atoms in total. The molecule has 1 aliphatic heterocycles. The lowest BCUT2D eigenvalue weighted by molar-refractivity contribution is -0.128. The van der Waals surface area contributed by atoms with Crippen LogP contribution in [0.3, 0.4) is 0 Å². The van der Waals surface area contributed by atoms with Crippen molar-refractivity contribution in [1.29, 1.82) is 0 Å². The zero-order valence-electron chi connectivity index (χ0n) is 12.1. The van der Waals surface area contributed by atoms with Crippen molar-refractivity contribution in [2.75, 3.05) is 6.54 Å². The van der Waals surface area contributed by atoms with Gasteiger partial charge in [0.05, 0.1) is 0 Å². The number of nitrogens with zero attached hydrogens (tertiary/aromatic N) is 1. The molecule has 0 aromatic heterocycles. The number of hydrogen-bond donors (Lipinski definition) is 2. The lowest BCUT2D eigenvalue weighted by atomic mass is 9.97. The molecule has 1 atom stereocenters.